The van der Waals surface area contributed by atoms with Gasteiger partial charge in [-0.1, -0.05) is 12.2 Å². The SMILES string of the molecule is C1=CCN(c2cc3cc4nc(cc5ccc(cc6nc(cc2[nH]3)C=C6)[nH]5)C=C4)C=C1. The number of hydrogen-bond donors (Lipinski definition) is 2. The second-order valence-electron chi connectivity index (χ2n) is 7.48. The minimum absolute atomic E-state index is 0.838. The molecule has 3 aromatic heterocycles. The van der Waals surface area contributed by atoms with Gasteiger partial charge in [0.1, 0.15) is 0 Å². The normalized spacial score (nSPS) is 14.6. The first-order chi connectivity index (χ1) is 14.8. The van der Waals surface area contributed by atoms with Crippen LogP contribution in [-0.2, 0) is 0 Å². The summed E-state index contributed by atoms with van der Waals surface area (Å²) in [6, 6.07) is 14.6. The third-order valence-electron chi connectivity index (χ3n) is 5.27. The van der Waals surface area contributed by atoms with Crippen LogP contribution >= 0.6 is 0 Å². The van der Waals surface area contributed by atoms with E-state index in [1.807, 2.05) is 24.3 Å². The lowest BCUT2D eigenvalue weighted by molar-refractivity contribution is 1.08. The lowest BCUT2D eigenvalue weighted by atomic mass is 10.2. The van der Waals surface area contributed by atoms with Crippen molar-refractivity contribution in [3.8, 4) is 0 Å². The number of fused-ring (bicyclic) bond motifs is 8. The average molecular weight is 389 g/mol. The second kappa shape index (κ2) is 6.74. The number of anilines is 1. The van der Waals surface area contributed by atoms with Crippen LogP contribution < -0.4 is 4.90 Å². The van der Waals surface area contributed by atoms with Crippen molar-refractivity contribution in [2.24, 2.45) is 0 Å². The number of allylic oxidation sites excluding steroid dienone is 2. The highest BCUT2D eigenvalue weighted by atomic mass is 15.1. The highest BCUT2D eigenvalue weighted by Gasteiger charge is 2.10. The summed E-state index contributed by atoms with van der Waals surface area (Å²) in [5, 5.41) is 0. The van der Waals surface area contributed by atoms with E-state index in [9.17, 15) is 0 Å². The van der Waals surface area contributed by atoms with Crippen molar-refractivity contribution in [1.29, 1.82) is 0 Å². The average Bonchev–Trinajstić information content (AvgIpc) is 3.53. The van der Waals surface area contributed by atoms with Crippen LogP contribution in [0.1, 0.15) is 22.8 Å². The van der Waals surface area contributed by atoms with Crippen LogP contribution in [0.3, 0.4) is 0 Å². The van der Waals surface area contributed by atoms with Crippen molar-refractivity contribution in [1.82, 2.24) is 19.9 Å². The van der Waals surface area contributed by atoms with Gasteiger partial charge in [0.2, 0.25) is 0 Å². The fourth-order valence-electron chi connectivity index (χ4n) is 3.89. The molecule has 3 aliphatic heterocycles. The van der Waals surface area contributed by atoms with Crippen molar-refractivity contribution in [2.45, 2.75) is 0 Å². The first-order valence-corrected chi connectivity index (χ1v) is 9.97. The Morgan fingerprint density at radius 2 is 1.30 bits per heavy atom. The van der Waals surface area contributed by atoms with Crippen LogP contribution in [0.5, 0.6) is 0 Å². The Hall–Kier alpha value is -4.12. The molecule has 3 aliphatic rings. The molecule has 5 nitrogen and oxygen atoms in total. The van der Waals surface area contributed by atoms with Crippen LogP contribution in [0.2, 0.25) is 0 Å². The van der Waals surface area contributed by atoms with Crippen LogP contribution in [-0.4, -0.2) is 26.5 Å². The van der Waals surface area contributed by atoms with Crippen LogP contribution in [0, 0.1) is 0 Å². The third-order valence-corrected chi connectivity index (χ3v) is 5.27. The number of rotatable bonds is 1. The molecule has 0 unspecified atom stereocenters. The molecule has 0 saturated carbocycles. The number of H-pyrrole nitrogens is 2. The topological polar surface area (TPSA) is 60.6 Å². The van der Waals surface area contributed by atoms with Crippen LogP contribution in [0.25, 0.3) is 46.4 Å². The van der Waals surface area contributed by atoms with E-state index in [1.165, 1.54) is 0 Å². The summed E-state index contributed by atoms with van der Waals surface area (Å²) in [6.07, 6.45) is 16.5. The fraction of sp³-hybridized carbons (Fsp3) is 0.0400. The lowest BCUT2D eigenvalue weighted by Crippen LogP contribution is -2.16. The van der Waals surface area contributed by atoms with Crippen molar-refractivity contribution in [2.75, 3.05) is 11.4 Å². The first-order valence-electron chi connectivity index (χ1n) is 9.97. The molecule has 0 fully saturated rings. The number of nitrogens with zero attached hydrogens (tertiary/aromatic N) is 3. The van der Waals surface area contributed by atoms with E-state index in [0.29, 0.717) is 0 Å². The van der Waals surface area contributed by atoms with Crippen LogP contribution in [0.15, 0.2) is 66.9 Å². The maximum Gasteiger partial charge on any atom is 0.0669 e. The van der Waals surface area contributed by atoms with Gasteiger partial charge in [0.05, 0.1) is 34.0 Å². The predicted molar refractivity (Wildman–Crippen MR) is 124 cm³/mol. The maximum absolute atomic E-state index is 4.77. The van der Waals surface area contributed by atoms with Gasteiger partial charge in [0.15, 0.2) is 0 Å². The van der Waals surface area contributed by atoms with Crippen molar-refractivity contribution in [3.63, 3.8) is 0 Å². The maximum atomic E-state index is 4.77. The highest BCUT2D eigenvalue weighted by molar-refractivity contribution is 5.85. The number of aromatic amines is 2. The monoisotopic (exact) mass is 389 g/mol. The smallest absolute Gasteiger partial charge is 0.0669 e. The fourth-order valence-corrected chi connectivity index (χ4v) is 3.89. The zero-order valence-electron chi connectivity index (χ0n) is 16.2. The molecule has 0 atom stereocenters. The second-order valence-corrected chi connectivity index (χ2v) is 7.48. The Bertz CT molecular complexity index is 1430. The summed E-state index contributed by atoms with van der Waals surface area (Å²) in [6.45, 7) is 0.838. The molecule has 3 aromatic rings. The third kappa shape index (κ3) is 3.16. The standard InChI is InChI=1S/C25H19N5/c1-2-10-30(11-3-1)25-16-23-14-21-7-6-19(27-21)12-17-4-5-18(26-17)13-20-8-9-22(28-20)15-24(25)29-23/h1-10,12-16,26,29H,11H2. The molecule has 0 saturated heterocycles. The Kier molecular flexibility index (Phi) is 3.77. The number of hydrogen-bond acceptors (Lipinski definition) is 3. The van der Waals surface area contributed by atoms with E-state index in [2.05, 4.69) is 81.8 Å². The van der Waals surface area contributed by atoms with E-state index in [0.717, 1.165) is 57.1 Å². The van der Waals surface area contributed by atoms with Gasteiger partial charge in [0.25, 0.3) is 0 Å². The molecule has 8 bridgehead atoms. The molecular formula is C25H19N5. The zero-order valence-corrected chi connectivity index (χ0v) is 16.2. The van der Waals surface area contributed by atoms with Gasteiger partial charge in [-0.3, -0.25) is 0 Å². The van der Waals surface area contributed by atoms with E-state index in [1.54, 1.807) is 0 Å². The lowest BCUT2D eigenvalue weighted by Gasteiger charge is -2.19. The minimum Gasteiger partial charge on any atom is -0.355 e. The summed E-state index contributed by atoms with van der Waals surface area (Å²) in [5.74, 6) is 0. The molecule has 6 rings (SSSR count). The van der Waals surface area contributed by atoms with Gasteiger partial charge in [-0.2, -0.15) is 0 Å². The van der Waals surface area contributed by atoms with E-state index in [-0.39, 0.29) is 0 Å². The largest absolute Gasteiger partial charge is 0.355 e. The summed E-state index contributed by atoms with van der Waals surface area (Å²) in [5.41, 5.74) is 8.89. The van der Waals surface area contributed by atoms with Gasteiger partial charge in [0, 0.05) is 29.3 Å². The summed E-state index contributed by atoms with van der Waals surface area (Å²) in [7, 11) is 0. The molecule has 30 heavy (non-hydrogen) atoms. The van der Waals surface area contributed by atoms with Gasteiger partial charge < -0.3 is 14.9 Å². The summed E-state index contributed by atoms with van der Waals surface area (Å²) in [4.78, 5) is 18.7. The minimum atomic E-state index is 0.838. The highest BCUT2D eigenvalue weighted by Crippen LogP contribution is 2.27. The Morgan fingerprint density at radius 1 is 0.667 bits per heavy atom. The molecule has 0 amide bonds. The van der Waals surface area contributed by atoms with Gasteiger partial charge >= 0.3 is 0 Å². The van der Waals surface area contributed by atoms with Crippen molar-refractivity contribution in [3.05, 3.63) is 89.7 Å². The van der Waals surface area contributed by atoms with Crippen molar-refractivity contribution < 1.29 is 0 Å². The Morgan fingerprint density at radius 3 is 1.93 bits per heavy atom. The summed E-state index contributed by atoms with van der Waals surface area (Å²) < 4.78 is 0. The first kappa shape index (κ1) is 16.8. The molecular weight excluding hydrogens is 370 g/mol. The van der Waals surface area contributed by atoms with E-state index < -0.39 is 0 Å². The Labute approximate surface area is 173 Å². The van der Waals surface area contributed by atoms with Gasteiger partial charge in [-0.15, -0.1) is 0 Å². The molecule has 6 heterocycles. The zero-order chi connectivity index (χ0) is 19.9. The quantitative estimate of drug-likeness (QED) is 0.395. The van der Waals surface area contributed by atoms with Crippen molar-refractivity contribution >= 4 is 52.1 Å². The Balaban J connectivity index is 1.64. The van der Waals surface area contributed by atoms with E-state index in [4.69, 9.17) is 9.97 Å². The summed E-state index contributed by atoms with van der Waals surface area (Å²) >= 11 is 0. The van der Waals surface area contributed by atoms with Crippen LogP contribution in [0.4, 0.5) is 5.69 Å². The van der Waals surface area contributed by atoms with E-state index >= 15 is 0 Å². The molecule has 144 valence electrons. The molecule has 0 aliphatic carbocycles. The number of aromatic nitrogens is 4. The molecule has 0 radical (unpaired) electrons. The van der Waals surface area contributed by atoms with Gasteiger partial charge in [-0.25, -0.2) is 9.97 Å². The molecule has 0 spiro atoms. The predicted octanol–water partition coefficient (Wildman–Crippen LogP) is 5.55. The van der Waals surface area contributed by atoms with Gasteiger partial charge in [-0.05, 0) is 72.8 Å². The molecule has 5 heteroatoms. The molecule has 2 N–H and O–H groups in total. The number of nitrogens with one attached hydrogen (secondary N) is 2. The molecule has 0 aromatic carbocycles.